The summed E-state index contributed by atoms with van der Waals surface area (Å²) in [5.74, 6) is 0.784. The number of anilines is 3. The molecule has 0 atom stereocenters. The van der Waals surface area contributed by atoms with E-state index in [2.05, 4.69) is 56.4 Å². The molecule has 5 aromatic rings. The lowest BCUT2D eigenvalue weighted by Gasteiger charge is -2.39. The fourth-order valence-corrected chi connectivity index (χ4v) is 8.42. The second-order valence-electron chi connectivity index (χ2n) is 16.4. The van der Waals surface area contributed by atoms with Crippen LogP contribution in [0.2, 0.25) is 5.02 Å². The Balaban J connectivity index is 0.995. The number of benzene rings is 3. The van der Waals surface area contributed by atoms with Crippen molar-refractivity contribution in [2.45, 2.75) is 46.0 Å². The van der Waals surface area contributed by atoms with Crippen LogP contribution >= 0.6 is 11.6 Å². The van der Waals surface area contributed by atoms with Gasteiger partial charge in [-0.2, -0.15) is 0 Å². The van der Waals surface area contributed by atoms with Crippen molar-refractivity contribution in [3.63, 3.8) is 0 Å². The number of ether oxygens (including phenoxy) is 2. The number of hydrogen-bond acceptors (Lipinski definition) is 9. The van der Waals surface area contributed by atoms with Crippen LogP contribution in [-0.4, -0.2) is 78.2 Å². The summed E-state index contributed by atoms with van der Waals surface area (Å²) in [5.41, 5.74) is 7.08. The van der Waals surface area contributed by atoms with E-state index < -0.39 is 10.8 Å². The van der Waals surface area contributed by atoms with Gasteiger partial charge in [-0.05, 0) is 103 Å². The Morgan fingerprint density at radius 1 is 1.03 bits per heavy atom. The van der Waals surface area contributed by atoms with Crippen LogP contribution < -0.4 is 20.3 Å². The van der Waals surface area contributed by atoms with Gasteiger partial charge in [0.05, 0.1) is 16.7 Å². The summed E-state index contributed by atoms with van der Waals surface area (Å²) in [7, 11) is 0. The number of amides is 1. The topological polar surface area (TPSA) is 138 Å². The number of carbonyl (C=O) groups excluding carboxylic acids is 1. The number of pyridine rings is 1. The molecule has 3 aromatic carbocycles. The number of rotatable bonds is 12. The molecule has 0 unspecified atom stereocenters. The van der Waals surface area contributed by atoms with E-state index in [0.29, 0.717) is 54.1 Å². The number of nitrogens with one attached hydrogen (secondary N) is 3. The van der Waals surface area contributed by atoms with E-state index in [9.17, 15) is 14.9 Å². The Kier molecular flexibility index (Phi) is 11.7. The molecule has 0 radical (unpaired) electrons. The molecule has 12 nitrogen and oxygen atoms in total. The number of aromatic nitrogens is 2. The average molecular weight is 804 g/mol. The summed E-state index contributed by atoms with van der Waals surface area (Å²) in [4.78, 5) is 38.1. The third-order valence-corrected chi connectivity index (χ3v) is 12.0. The van der Waals surface area contributed by atoms with E-state index in [1.54, 1.807) is 24.4 Å². The molecule has 8 rings (SSSR count). The van der Waals surface area contributed by atoms with Gasteiger partial charge >= 0.3 is 0 Å². The smallest absolute Gasteiger partial charge is 0.294 e. The van der Waals surface area contributed by atoms with E-state index in [1.807, 2.05) is 42.6 Å². The number of allylic oxidation sites excluding steroid dienone is 1. The first-order valence-corrected chi connectivity index (χ1v) is 20.6. The molecule has 2 aliphatic heterocycles. The molecule has 3 N–H and O–H groups in total. The number of H-pyrrole nitrogens is 1. The van der Waals surface area contributed by atoms with Gasteiger partial charge < -0.3 is 30.0 Å². The summed E-state index contributed by atoms with van der Waals surface area (Å²) in [5, 5.41) is 19.9. The molecular weight excluding hydrogens is 754 g/mol. The van der Waals surface area contributed by atoms with Gasteiger partial charge in [0.2, 0.25) is 0 Å². The van der Waals surface area contributed by atoms with Crippen LogP contribution in [0.3, 0.4) is 0 Å². The fourth-order valence-electron chi connectivity index (χ4n) is 8.29. The number of nitrogens with zero attached hydrogens (tertiary/aromatic N) is 4. The monoisotopic (exact) mass is 803 g/mol. The van der Waals surface area contributed by atoms with Crippen LogP contribution in [-0.2, 0) is 4.74 Å². The minimum Gasteiger partial charge on any atom is -0.455 e. The van der Waals surface area contributed by atoms with Crippen LogP contribution in [0, 0.1) is 21.4 Å². The third-order valence-electron chi connectivity index (χ3n) is 11.7. The van der Waals surface area contributed by atoms with Gasteiger partial charge in [-0.3, -0.25) is 19.8 Å². The molecule has 13 heteroatoms. The third kappa shape index (κ3) is 9.30. The summed E-state index contributed by atoms with van der Waals surface area (Å²) in [6, 6.07) is 22.4. The molecule has 0 bridgehead atoms. The number of carbonyl (C=O) groups is 1. The number of halogens is 1. The van der Waals surface area contributed by atoms with Crippen molar-refractivity contribution in [3.05, 3.63) is 117 Å². The predicted molar refractivity (Wildman–Crippen MR) is 230 cm³/mol. The van der Waals surface area contributed by atoms with E-state index in [4.69, 9.17) is 21.1 Å². The van der Waals surface area contributed by atoms with Crippen LogP contribution in [0.25, 0.3) is 16.6 Å². The molecule has 2 aromatic heterocycles. The lowest BCUT2D eigenvalue weighted by Crippen LogP contribution is -2.47. The molecule has 58 heavy (non-hydrogen) atoms. The maximum Gasteiger partial charge on any atom is 0.294 e. The van der Waals surface area contributed by atoms with Crippen LogP contribution in [0.5, 0.6) is 11.5 Å². The Bertz CT molecular complexity index is 2310. The van der Waals surface area contributed by atoms with Crippen molar-refractivity contribution in [2.75, 3.05) is 68.0 Å². The molecule has 0 saturated carbocycles. The van der Waals surface area contributed by atoms with Crippen molar-refractivity contribution < 1.29 is 19.2 Å². The molecule has 3 aliphatic rings. The summed E-state index contributed by atoms with van der Waals surface area (Å²) in [6.45, 7) is 11.1. The largest absolute Gasteiger partial charge is 0.455 e. The fraction of sp³-hybridized carbons (Fsp3) is 0.378. The summed E-state index contributed by atoms with van der Waals surface area (Å²) >= 11 is 6.25. The number of nitro groups is 1. The van der Waals surface area contributed by atoms with Gasteiger partial charge in [0.25, 0.3) is 11.6 Å². The lowest BCUT2D eigenvalue weighted by atomic mass is 9.72. The molecule has 1 amide bonds. The van der Waals surface area contributed by atoms with Crippen molar-refractivity contribution in [1.82, 2.24) is 14.9 Å². The van der Waals surface area contributed by atoms with Gasteiger partial charge in [0.15, 0.2) is 0 Å². The van der Waals surface area contributed by atoms with Gasteiger partial charge in [0, 0.05) is 92.6 Å². The molecule has 0 spiro atoms. The van der Waals surface area contributed by atoms with Crippen molar-refractivity contribution in [3.8, 4) is 11.5 Å². The second-order valence-corrected chi connectivity index (χ2v) is 16.9. The molecule has 2 saturated heterocycles. The maximum atomic E-state index is 14.0. The van der Waals surface area contributed by atoms with Gasteiger partial charge in [0.1, 0.15) is 22.8 Å². The summed E-state index contributed by atoms with van der Waals surface area (Å²) < 4.78 is 11.9. The Morgan fingerprint density at radius 3 is 2.60 bits per heavy atom. The highest BCUT2D eigenvalue weighted by molar-refractivity contribution is 6.30. The van der Waals surface area contributed by atoms with Gasteiger partial charge in [-0.15, -0.1) is 0 Å². The predicted octanol–water partition coefficient (Wildman–Crippen LogP) is 9.79. The maximum absolute atomic E-state index is 14.0. The second kappa shape index (κ2) is 17.2. The SMILES string of the molecule is CC1(C)CCC(CN2CCN(c3ccc(C(=O)Nc4ccc(NCC5CCOCC5)c([N+](=O)[O-])c4)c(Oc4cnc5[nH]ccc5c4)c3)CC2)=C(c2ccc(Cl)cc2)C1. The zero-order valence-electron chi connectivity index (χ0n) is 33.1. The van der Waals surface area contributed by atoms with Crippen LogP contribution in [0.15, 0.2) is 90.8 Å². The normalized spacial score (nSPS) is 17.7. The van der Waals surface area contributed by atoms with E-state index >= 15 is 0 Å². The molecular formula is C45H50ClN7O5. The zero-order chi connectivity index (χ0) is 40.2. The highest BCUT2D eigenvalue weighted by atomic mass is 35.5. The highest BCUT2D eigenvalue weighted by Gasteiger charge is 2.30. The van der Waals surface area contributed by atoms with Crippen LogP contribution in [0.4, 0.5) is 22.7 Å². The first kappa shape index (κ1) is 39.4. The van der Waals surface area contributed by atoms with E-state index in [1.165, 1.54) is 29.2 Å². The lowest BCUT2D eigenvalue weighted by molar-refractivity contribution is -0.383. The van der Waals surface area contributed by atoms with Crippen LogP contribution in [0.1, 0.15) is 61.9 Å². The number of hydrogen-bond donors (Lipinski definition) is 3. The van der Waals surface area contributed by atoms with E-state index in [0.717, 1.165) is 80.2 Å². The Hall–Kier alpha value is -5.43. The minimum atomic E-state index is -0.445. The summed E-state index contributed by atoms with van der Waals surface area (Å²) in [6.07, 6.45) is 8.57. The number of aromatic amines is 1. The highest BCUT2D eigenvalue weighted by Crippen LogP contribution is 2.43. The van der Waals surface area contributed by atoms with Gasteiger partial charge in [-0.1, -0.05) is 43.2 Å². The Labute approximate surface area is 343 Å². The van der Waals surface area contributed by atoms with Crippen molar-refractivity contribution in [2.24, 2.45) is 11.3 Å². The number of piperazine rings is 1. The molecule has 4 heterocycles. The first-order chi connectivity index (χ1) is 28.1. The molecule has 2 fully saturated rings. The van der Waals surface area contributed by atoms with Crippen molar-refractivity contribution >= 4 is 56.9 Å². The number of fused-ring (bicyclic) bond motifs is 1. The van der Waals surface area contributed by atoms with E-state index in [-0.39, 0.29) is 11.1 Å². The van der Waals surface area contributed by atoms with Gasteiger partial charge in [-0.25, -0.2) is 4.98 Å². The minimum absolute atomic E-state index is 0.105. The Morgan fingerprint density at radius 2 is 1.83 bits per heavy atom. The van der Waals surface area contributed by atoms with Crippen molar-refractivity contribution in [1.29, 1.82) is 0 Å². The molecule has 1 aliphatic carbocycles. The standard InChI is InChI=1S/C45H50ClN7O5/c1-45(2)15-11-33(39(26-45)31-3-5-34(46)6-4-31)29-51-17-19-52(20-18-51)36-8-9-38(42(25-36)58-37-23-32-12-16-47-43(32)49-28-37)44(54)50-35-7-10-40(41(24-35)53(55)56)48-27-30-13-21-57-22-14-30/h3-10,12,16,23-25,28,30,48H,11,13-15,17-22,26-27,29H2,1-2H3,(H,47,49)(H,50,54). The number of nitro benzene ring substituents is 1. The molecule has 302 valence electrons. The average Bonchev–Trinajstić information content (AvgIpc) is 3.70. The quantitative estimate of drug-likeness (QED) is 0.0831. The zero-order valence-corrected chi connectivity index (χ0v) is 33.8. The first-order valence-electron chi connectivity index (χ1n) is 20.2.